The third-order valence-electron chi connectivity index (χ3n) is 6.44. The molecular formula is C25H30F2N4O2. The lowest BCUT2D eigenvalue weighted by Crippen LogP contribution is -2.37. The quantitative estimate of drug-likeness (QED) is 0.490. The van der Waals surface area contributed by atoms with Crippen molar-refractivity contribution in [3.8, 4) is 11.3 Å². The molecule has 1 aromatic carbocycles. The van der Waals surface area contributed by atoms with Crippen molar-refractivity contribution in [2.45, 2.75) is 58.2 Å². The molecule has 3 aromatic rings. The molecule has 0 spiro atoms. The van der Waals surface area contributed by atoms with Crippen LogP contribution in [0.4, 0.5) is 8.78 Å². The average Bonchev–Trinajstić information content (AvgIpc) is 3.09. The summed E-state index contributed by atoms with van der Waals surface area (Å²) >= 11 is 0. The van der Waals surface area contributed by atoms with Gasteiger partial charge in [0.2, 0.25) is 5.91 Å². The van der Waals surface area contributed by atoms with Gasteiger partial charge in [-0.05, 0) is 75.4 Å². The topological polar surface area (TPSA) is 78.7 Å². The van der Waals surface area contributed by atoms with Gasteiger partial charge < -0.3 is 14.8 Å². The summed E-state index contributed by atoms with van der Waals surface area (Å²) in [6, 6.07) is 6.24. The van der Waals surface area contributed by atoms with Crippen molar-refractivity contribution in [2.75, 3.05) is 7.05 Å². The minimum absolute atomic E-state index is 0.0420. The summed E-state index contributed by atoms with van der Waals surface area (Å²) in [5.41, 5.74) is 2.59. The normalized spacial score (nSPS) is 19.6. The van der Waals surface area contributed by atoms with E-state index in [4.69, 9.17) is 0 Å². The highest BCUT2D eigenvalue weighted by Crippen LogP contribution is 2.35. The summed E-state index contributed by atoms with van der Waals surface area (Å²) in [5.74, 6) is -1.31. The maximum atomic E-state index is 15.2. The van der Waals surface area contributed by atoms with Crippen molar-refractivity contribution in [1.29, 1.82) is 0 Å². The molecule has 1 aliphatic rings. The predicted molar refractivity (Wildman–Crippen MR) is 123 cm³/mol. The number of halogens is 2. The summed E-state index contributed by atoms with van der Waals surface area (Å²) in [4.78, 5) is 16.2. The second kappa shape index (κ2) is 9.57. The molecule has 6 nitrogen and oxygen atoms in total. The Morgan fingerprint density at radius 2 is 2.00 bits per heavy atom. The molecule has 2 aromatic heterocycles. The number of nitrogens with one attached hydrogen (secondary N) is 2. The van der Waals surface area contributed by atoms with Crippen LogP contribution in [0, 0.1) is 24.5 Å². The number of pyridine rings is 1. The van der Waals surface area contributed by atoms with Crippen molar-refractivity contribution >= 4 is 11.6 Å². The zero-order chi connectivity index (χ0) is 23.7. The molecule has 0 aliphatic heterocycles. The summed E-state index contributed by atoms with van der Waals surface area (Å²) in [5, 5.41) is 15.5. The Balaban J connectivity index is 1.77. The highest BCUT2D eigenvalue weighted by molar-refractivity contribution is 5.73. The SMILES string of the molecule is CNC(O)c1cc(F)c(-c2nc3cc(C)ccn3c2C[C@@H]2CCC[C@@H](NC(C)=O)C2)c(F)c1. The van der Waals surface area contributed by atoms with Crippen LogP contribution in [-0.2, 0) is 11.2 Å². The molecular weight excluding hydrogens is 426 g/mol. The minimum Gasteiger partial charge on any atom is -0.374 e. The summed E-state index contributed by atoms with van der Waals surface area (Å²) in [7, 11) is 1.51. The van der Waals surface area contributed by atoms with Gasteiger partial charge in [0.25, 0.3) is 0 Å². The molecule has 33 heavy (non-hydrogen) atoms. The first-order chi connectivity index (χ1) is 15.8. The van der Waals surface area contributed by atoms with E-state index in [0.717, 1.165) is 49.1 Å². The number of aromatic nitrogens is 2. The van der Waals surface area contributed by atoms with Crippen LogP contribution in [0.1, 0.15) is 55.7 Å². The van der Waals surface area contributed by atoms with Crippen LogP contribution < -0.4 is 10.6 Å². The largest absolute Gasteiger partial charge is 0.374 e. The zero-order valence-electron chi connectivity index (χ0n) is 19.2. The fraction of sp³-hybridized carbons (Fsp3) is 0.440. The number of nitrogens with zero attached hydrogens (tertiary/aromatic N) is 2. The molecule has 1 saturated carbocycles. The van der Waals surface area contributed by atoms with Crippen LogP contribution in [-0.4, -0.2) is 33.5 Å². The fourth-order valence-electron chi connectivity index (χ4n) is 4.90. The van der Waals surface area contributed by atoms with Gasteiger partial charge in [0, 0.05) is 24.7 Å². The summed E-state index contributed by atoms with van der Waals surface area (Å²) < 4.78 is 32.3. The predicted octanol–water partition coefficient (Wildman–Crippen LogP) is 4.04. The number of carbonyl (C=O) groups is 1. The van der Waals surface area contributed by atoms with Crippen molar-refractivity contribution < 1.29 is 18.7 Å². The van der Waals surface area contributed by atoms with E-state index in [-0.39, 0.29) is 34.7 Å². The molecule has 1 aliphatic carbocycles. The van der Waals surface area contributed by atoms with Gasteiger partial charge in [0.05, 0.1) is 17.0 Å². The number of aryl methyl sites for hydroxylation is 1. The lowest BCUT2D eigenvalue weighted by Gasteiger charge is -2.29. The van der Waals surface area contributed by atoms with Crippen molar-refractivity contribution in [1.82, 2.24) is 20.0 Å². The van der Waals surface area contributed by atoms with Gasteiger partial charge in [-0.2, -0.15) is 0 Å². The van der Waals surface area contributed by atoms with Gasteiger partial charge in [-0.1, -0.05) is 6.42 Å². The first-order valence-corrected chi connectivity index (χ1v) is 11.4. The highest BCUT2D eigenvalue weighted by Gasteiger charge is 2.28. The maximum Gasteiger partial charge on any atom is 0.217 e. The van der Waals surface area contributed by atoms with Crippen LogP contribution in [0.2, 0.25) is 0 Å². The number of aliphatic hydroxyl groups excluding tert-OH is 1. The van der Waals surface area contributed by atoms with E-state index in [1.807, 2.05) is 29.7 Å². The van der Waals surface area contributed by atoms with Crippen LogP contribution >= 0.6 is 0 Å². The van der Waals surface area contributed by atoms with Gasteiger partial charge in [-0.3, -0.25) is 10.1 Å². The van der Waals surface area contributed by atoms with Crippen LogP contribution in [0.3, 0.4) is 0 Å². The zero-order valence-corrected chi connectivity index (χ0v) is 19.2. The third-order valence-corrected chi connectivity index (χ3v) is 6.44. The number of rotatable bonds is 6. The lowest BCUT2D eigenvalue weighted by atomic mass is 9.82. The van der Waals surface area contributed by atoms with E-state index >= 15 is 8.78 Å². The van der Waals surface area contributed by atoms with Crippen molar-refractivity contribution in [3.05, 3.63) is 58.9 Å². The number of carbonyl (C=O) groups excluding carboxylic acids is 1. The monoisotopic (exact) mass is 456 g/mol. The number of hydrogen-bond donors (Lipinski definition) is 3. The molecule has 3 N–H and O–H groups in total. The van der Waals surface area contributed by atoms with Gasteiger partial charge in [-0.25, -0.2) is 13.8 Å². The Hall–Kier alpha value is -2.84. The third kappa shape index (κ3) is 4.91. The second-order valence-electron chi connectivity index (χ2n) is 9.02. The Kier molecular flexibility index (Phi) is 6.76. The van der Waals surface area contributed by atoms with Gasteiger partial charge in [-0.15, -0.1) is 0 Å². The van der Waals surface area contributed by atoms with E-state index in [0.29, 0.717) is 12.1 Å². The molecule has 0 radical (unpaired) electrons. The molecule has 1 fully saturated rings. The number of benzene rings is 1. The Labute approximate surface area is 192 Å². The Morgan fingerprint density at radius 3 is 2.67 bits per heavy atom. The summed E-state index contributed by atoms with van der Waals surface area (Å²) in [6.07, 6.45) is 5.03. The maximum absolute atomic E-state index is 15.2. The highest BCUT2D eigenvalue weighted by atomic mass is 19.1. The molecule has 0 saturated heterocycles. The van der Waals surface area contributed by atoms with Crippen LogP contribution in [0.25, 0.3) is 16.9 Å². The number of amides is 1. The molecule has 8 heteroatoms. The van der Waals surface area contributed by atoms with Gasteiger partial charge >= 0.3 is 0 Å². The lowest BCUT2D eigenvalue weighted by molar-refractivity contribution is -0.119. The molecule has 176 valence electrons. The average molecular weight is 457 g/mol. The summed E-state index contributed by atoms with van der Waals surface area (Å²) in [6.45, 7) is 3.47. The molecule has 0 bridgehead atoms. The van der Waals surface area contributed by atoms with E-state index < -0.39 is 17.9 Å². The molecule has 3 atom stereocenters. The molecule has 1 unspecified atom stereocenters. The number of aliphatic hydroxyl groups is 1. The molecule has 2 heterocycles. The van der Waals surface area contributed by atoms with E-state index in [9.17, 15) is 9.90 Å². The Morgan fingerprint density at radius 1 is 1.27 bits per heavy atom. The second-order valence-corrected chi connectivity index (χ2v) is 9.02. The fourth-order valence-corrected chi connectivity index (χ4v) is 4.90. The van der Waals surface area contributed by atoms with E-state index in [2.05, 4.69) is 15.6 Å². The Bertz CT molecular complexity index is 1150. The standard InChI is InChI=1S/C25H30F2N4O2/c1-14-7-8-31-21(11-16-5-4-6-18(10-16)29-15(2)32)24(30-22(31)9-14)23-19(26)12-17(13-20(23)27)25(33)28-3/h7-9,12-13,16,18,25,28,33H,4-6,10-11H2,1-3H3,(H,29,32)/t16-,18-,25?/m1/s1. The first kappa shape index (κ1) is 23.3. The van der Waals surface area contributed by atoms with Gasteiger partial charge in [0.1, 0.15) is 23.5 Å². The number of hydrogen-bond acceptors (Lipinski definition) is 4. The number of fused-ring (bicyclic) bond motifs is 1. The van der Waals surface area contributed by atoms with E-state index in [1.54, 1.807) is 0 Å². The minimum atomic E-state index is -1.17. The number of imidazole rings is 1. The van der Waals surface area contributed by atoms with Crippen molar-refractivity contribution in [3.63, 3.8) is 0 Å². The smallest absolute Gasteiger partial charge is 0.217 e. The van der Waals surface area contributed by atoms with Crippen molar-refractivity contribution in [2.24, 2.45) is 5.92 Å². The van der Waals surface area contributed by atoms with Crippen LogP contribution in [0.15, 0.2) is 30.5 Å². The van der Waals surface area contributed by atoms with Gasteiger partial charge in [0.15, 0.2) is 0 Å². The molecule has 1 amide bonds. The first-order valence-electron chi connectivity index (χ1n) is 11.4. The molecule has 4 rings (SSSR count). The van der Waals surface area contributed by atoms with Crippen LogP contribution in [0.5, 0.6) is 0 Å². The van der Waals surface area contributed by atoms with E-state index in [1.165, 1.54) is 14.0 Å².